The first-order valence-corrected chi connectivity index (χ1v) is 20.9. The molecule has 11 rings (SSSR count). The third-order valence-electron chi connectivity index (χ3n) is 11.5. The minimum Gasteiger partial charge on any atom is -0.248 e. The van der Waals surface area contributed by atoms with Gasteiger partial charge in [0.15, 0.2) is 17.5 Å². The highest BCUT2D eigenvalue weighted by molar-refractivity contribution is 6.17. The molecule has 0 saturated heterocycles. The summed E-state index contributed by atoms with van der Waals surface area (Å²) in [4.78, 5) is 20.8. The predicted octanol–water partition coefficient (Wildman–Crippen LogP) is 14.9. The maximum atomic E-state index is 5.25. The van der Waals surface area contributed by atoms with Gasteiger partial charge in [-0.15, -0.1) is 0 Å². The van der Waals surface area contributed by atoms with Crippen LogP contribution in [-0.4, -0.2) is 19.9 Å². The minimum absolute atomic E-state index is 0.608. The molecule has 11 aromatic rings. The predicted molar refractivity (Wildman–Crippen MR) is 256 cm³/mol. The van der Waals surface area contributed by atoms with Crippen LogP contribution in [0.5, 0.6) is 0 Å². The fourth-order valence-electron chi connectivity index (χ4n) is 8.47. The molecule has 0 unspecified atom stereocenters. The second-order valence-corrected chi connectivity index (χ2v) is 15.4. The first-order chi connectivity index (χ1) is 30.7. The van der Waals surface area contributed by atoms with Gasteiger partial charge < -0.3 is 0 Å². The molecule has 0 aliphatic heterocycles. The van der Waals surface area contributed by atoms with E-state index in [1.807, 2.05) is 36.4 Å². The van der Waals surface area contributed by atoms with E-state index < -0.39 is 0 Å². The Labute approximate surface area is 360 Å². The van der Waals surface area contributed by atoms with Crippen LogP contribution in [0, 0.1) is 0 Å². The van der Waals surface area contributed by atoms with Gasteiger partial charge in [-0.05, 0) is 91.7 Å². The lowest BCUT2D eigenvalue weighted by Gasteiger charge is -2.15. The normalized spacial score (nSPS) is 11.2. The van der Waals surface area contributed by atoms with Crippen molar-refractivity contribution in [1.82, 2.24) is 19.9 Å². The number of fused-ring (bicyclic) bond motifs is 3. The molecule has 4 heteroatoms. The van der Waals surface area contributed by atoms with Crippen molar-refractivity contribution < 1.29 is 0 Å². The first kappa shape index (κ1) is 36.7. The Morgan fingerprint density at radius 1 is 0.226 bits per heavy atom. The Balaban J connectivity index is 1.07. The highest BCUT2D eigenvalue weighted by Gasteiger charge is 2.18. The third-order valence-corrected chi connectivity index (χ3v) is 11.5. The Morgan fingerprint density at radius 2 is 0.677 bits per heavy atom. The van der Waals surface area contributed by atoms with E-state index >= 15 is 0 Å². The van der Waals surface area contributed by atoms with E-state index in [0.29, 0.717) is 17.5 Å². The second kappa shape index (κ2) is 16.0. The third kappa shape index (κ3) is 7.10. The number of nitrogens with zero attached hydrogens (tertiary/aromatic N) is 4. The number of pyridine rings is 1. The van der Waals surface area contributed by atoms with Gasteiger partial charge in [0.1, 0.15) is 0 Å². The summed E-state index contributed by atoms with van der Waals surface area (Å²) in [6.07, 6.45) is 0. The highest BCUT2D eigenvalue weighted by atomic mass is 15.0. The fourth-order valence-corrected chi connectivity index (χ4v) is 8.47. The molecule has 9 aromatic carbocycles. The SMILES string of the molecule is c1ccc(-c2cc(-c3ccccc3)cc(-c3nc(-c4ccccc4)nc(-c4cccc(-c5cccc6c5ccc5nc(-c7ccccc7)cc(-c7ccccc7)c56)c4)n3)c2)cc1. The molecule has 0 amide bonds. The van der Waals surface area contributed by atoms with Crippen molar-refractivity contribution in [3.8, 4) is 89.9 Å². The highest BCUT2D eigenvalue weighted by Crippen LogP contribution is 2.40. The Kier molecular flexibility index (Phi) is 9.49. The lowest BCUT2D eigenvalue weighted by atomic mass is 9.91. The Hall–Kier alpha value is -8.34. The van der Waals surface area contributed by atoms with Crippen LogP contribution >= 0.6 is 0 Å². The van der Waals surface area contributed by atoms with Crippen LogP contribution in [0.1, 0.15) is 0 Å². The molecule has 0 spiro atoms. The molecule has 0 atom stereocenters. The van der Waals surface area contributed by atoms with E-state index in [9.17, 15) is 0 Å². The van der Waals surface area contributed by atoms with Crippen molar-refractivity contribution >= 4 is 21.7 Å². The van der Waals surface area contributed by atoms with Crippen LogP contribution < -0.4 is 0 Å². The standard InChI is InChI=1S/C58H38N4/c1-6-18-39(19-7-1)46-35-47(40-20-8-2-9-21-40)37-48(36-46)58-61-56(43-26-14-5-15-27-43)60-57(62-58)45-29-16-28-44(34-45)49-30-17-31-51-50(49)32-33-53-55(51)52(41-22-10-3-11-23-41)38-54(59-53)42-24-12-4-13-25-42/h1-38H. The van der Waals surface area contributed by atoms with Crippen molar-refractivity contribution in [3.63, 3.8) is 0 Å². The van der Waals surface area contributed by atoms with Gasteiger partial charge in [-0.1, -0.05) is 194 Å². The summed E-state index contributed by atoms with van der Waals surface area (Å²) in [7, 11) is 0. The van der Waals surface area contributed by atoms with Crippen LogP contribution in [0.25, 0.3) is 112 Å². The van der Waals surface area contributed by atoms with E-state index in [-0.39, 0.29) is 0 Å². The van der Waals surface area contributed by atoms with Crippen LogP contribution in [0.2, 0.25) is 0 Å². The minimum atomic E-state index is 0.608. The number of hydrogen-bond acceptors (Lipinski definition) is 4. The Bertz CT molecular complexity index is 3310. The largest absolute Gasteiger partial charge is 0.248 e. The van der Waals surface area contributed by atoms with Gasteiger partial charge in [-0.3, -0.25) is 0 Å². The molecular formula is C58H38N4. The average Bonchev–Trinajstić information content (AvgIpc) is 3.36. The quantitative estimate of drug-likeness (QED) is 0.144. The molecular weight excluding hydrogens is 753 g/mol. The molecule has 2 aromatic heterocycles. The summed E-state index contributed by atoms with van der Waals surface area (Å²) in [5.41, 5.74) is 14.7. The van der Waals surface area contributed by atoms with Crippen LogP contribution in [-0.2, 0) is 0 Å². The van der Waals surface area contributed by atoms with E-state index in [2.05, 4.69) is 194 Å². The molecule has 290 valence electrons. The van der Waals surface area contributed by atoms with Gasteiger partial charge in [0.25, 0.3) is 0 Å². The zero-order valence-corrected chi connectivity index (χ0v) is 33.7. The zero-order chi connectivity index (χ0) is 41.2. The van der Waals surface area contributed by atoms with Crippen molar-refractivity contribution in [2.75, 3.05) is 0 Å². The van der Waals surface area contributed by atoms with Gasteiger partial charge in [-0.2, -0.15) is 0 Å². The summed E-state index contributed by atoms with van der Waals surface area (Å²) >= 11 is 0. The summed E-state index contributed by atoms with van der Waals surface area (Å²) < 4.78 is 0. The van der Waals surface area contributed by atoms with Crippen LogP contribution in [0.15, 0.2) is 231 Å². The van der Waals surface area contributed by atoms with E-state index in [4.69, 9.17) is 19.9 Å². The topological polar surface area (TPSA) is 51.6 Å². The van der Waals surface area contributed by atoms with E-state index in [1.54, 1.807) is 0 Å². The summed E-state index contributed by atoms with van der Waals surface area (Å²) in [5, 5.41) is 3.43. The summed E-state index contributed by atoms with van der Waals surface area (Å²) in [6.45, 7) is 0. The monoisotopic (exact) mass is 790 g/mol. The number of hydrogen-bond donors (Lipinski definition) is 0. The van der Waals surface area contributed by atoms with Gasteiger partial charge >= 0.3 is 0 Å². The molecule has 0 bridgehead atoms. The summed E-state index contributed by atoms with van der Waals surface area (Å²) in [6, 6.07) is 80.6. The van der Waals surface area contributed by atoms with Crippen molar-refractivity contribution in [2.45, 2.75) is 0 Å². The molecule has 62 heavy (non-hydrogen) atoms. The molecule has 4 nitrogen and oxygen atoms in total. The number of rotatable bonds is 8. The van der Waals surface area contributed by atoms with Gasteiger partial charge in [0.05, 0.1) is 11.2 Å². The second-order valence-electron chi connectivity index (χ2n) is 15.4. The first-order valence-electron chi connectivity index (χ1n) is 20.9. The summed E-state index contributed by atoms with van der Waals surface area (Å²) in [5.74, 6) is 1.84. The van der Waals surface area contributed by atoms with E-state index in [1.165, 1.54) is 0 Å². The van der Waals surface area contributed by atoms with Gasteiger partial charge in [0, 0.05) is 27.6 Å². The lowest BCUT2D eigenvalue weighted by molar-refractivity contribution is 1.07. The lowest BCUT2D eigenvalue weighted by Crippen LogP contribution is -2.00. The zero-order valence-electron chi connectivity index (χ0n) is 33.7. The Morgan fingerprint density at radius 3 is 1.29 bits per heavy atom. The van der Waals surface area contributed by atoms with Crippen LogP contribution in [0.4, 0.5) is 0 Å². The molecule has 0 aliphatic rings. The van der Waals surface area contributed by atoms with E-state index in [0.717, 1.165) is 94.1 Å². The van der Waals surface area contributed by atoms with Crippen molar-refractivity contribution in [1.29, 1.82) is 0 Å². The molecule has 0 saturated carbocycles. The molecule has 0 aliphatic carbocycles. The molecule has 0 radical (unpaired) electrons. The van der Waals surface area contributed by atoms with Gasteiger partial charge in [-0.25, -0.2) is 19.9 Å². The number of benzene rings is 9. The fraction of sp³-hybridized carbons (Fsp3) is 0. The molecule has 2 heterocycles. The maximum absolute atomic E-state index is 5.25. The van der Waals surface area contributed by atoms with Crippen molar-refractivity contribution in [3.05, 3.63) is 231 Å². The average molecular weight is 791 g/mol. The maximum Gasteiger partial charge on any atom is 0.164 e. The van der Waals surface area contributed by atoms with Crippen LogP contribution in [0.3, 0.4) is 0 Å². The molecule has 0 N–H and O–H groups in total. The van der Waals surface area contributed by atoms with Crippen molar-refractivity contribution in [2.24, 2.45) is 0 Å². The molecule has 0 fully saturated rings. The smallest absolute Gasteiger partial charge is 0.164 e. The van der Waals surface area contributed by atoms with Gasteiger partial charge in [0.2, 0.25) is 0 Å². The number of aromatic nitrogens is 4.